The lowest BCUT2D eigenvalue weighted by molar-refractivity contribution is -0.138. The van der Waals surface area contributed by atoms with Gasteiger partial charge in [0, 0.05) is 16.5 Å². The van der Waals surface area contributed by atoms with Crippen molar-refractivity contribution in [2.24, 2.45) is 4.99 Å². The van der Waals surface area contributed by atoms with Gasteiger partial charge in [-0.15, -0.1) is 0 Å². The average Bonchev–Trinajstić information content (AvgIpc) is 2.53. The van der Waals surface area contributed by atoms with Gasteiger partial charge >= 0.3 is 12.1 Å². The molecule has 0 heterocycles. The molecule has 0 spiro atoms. The Morgan fingerprint density at radius 2 is 1.64 bits per heavy atom. The van der Waals surface area contributed by atoms with Crippen molar-refractivity contribution >= 4 is 27.6 Å². The number of hydrogen-bond donors (Lipinski definition) is 2. The molecule has 4 nitrogen and oxygen atoms in total. The van der Waals surface area contributed by atoms with Crippen molar-refractivity contribution in [2.75, 3.05) is 0 Å². The smallest absolute Gasteiger partial charge is 0.433 e. The van der Waals surface area contributed by atoms with Gasteiger partial charge in [-0.25, -0.2) is 4.79 Å². The van der Waals surface area contributed by atoms with Gasteiger partial charge < -0.3 is 10.2 Å². The summed E-state index contributed by atoms with van der Waals surface area (Å²) >= 11 is 3.13. The SMILES string of the molecule is O=C(O)[C@H](Cc1ccc(O)cc1)N=C(c1ccc(Br)cc1)C(F)(F)F. The summed E-state index contributed by atoms with van der Waals surface area (Å²) in [6.07, 6.45) is -5.03. The Labute approximate surface area is 149 Å². The van der Waals surface area contributed by atoms with Crippen molar-refractivity contribution in [1.29, 1.82) is 0 Å². The van der Waals surface area contributed by atoms with Crippen LogP contribution in [0.3, 0.4) is 0 Å². The van der Waals surface area contributed by atoms with E-state index in [0.717, 1.165) is 0 Å². The summed E-state index contributed by atoms with van der Waals surface area (Å²) in [6, 6.07) is 9.21. The molecule has 0 aliphatic heterocycles. The zero-order valence-electron chi connectivity index (χ0n) is 12.7. The first-order valence-corrected chi connectivity index (χ1v) is 7.88. The molecule has 0 aromatic heterocycles. The van der Waals surface area contributed by atoms with Crippen LogP contribution in [0.4, 0.5) is 13.2 Å². The lowest BCUT2D eigenvalue weighted by Gasteiger charge is -2.15. The van der Waals surface area contributed by atoms with Crippen LogP contribution in [0.5, 0.6) is 5.75 Å². The summed E-state index contributed by atoms with van der Waals surface area (Å²) in [5, 5.41) is 18.5. The van der Waals surface area contributed by atoms with Crippen LogP contribution in [-0.4, -0.2) is 34.1 Å². The third-order valence-corrected chi connectivity index (χ3v) is 3.85. The summed E-state index contributed by atoms with van der Waals surface area (Å²) in [5.41, 5.74) is -1.01. The summed E-state index contributed by atoms with van der Waals surface area (Å²) in [6.45, 7) is 0. The number of phenolic OH excluding ortho intramolecular Hbond substituents is 1. The topological polar surface area (TPSA) is 69.9 Å². The number of carboxylic acids is 1. The molecule has 0 bridgehead atoms. The van der Waals surface area contributed by atoms with E-state index < -0.39 is 23.9 Å². The molecule has 0 saturated carbocycles. The second-order valence-corrected chi connectivity index (χ2v) is 6.12. The van der Waals surface area contributed by atoms with Crippen molar-refractivity contribution in [3.8, 4) is 5.75 Å². The maximum atomic E-state index is 13.4. The largest absolute Gasteiger partial charge is 0.508 e. The van der Waals surface area contributed by atoms with E-state index in [-0.39, 0.29) is 17.7 Å². The number of carboxylic acid groups (broad SMARTS) is 1. The standard InChI is InChI=1S/C17H13BrF3NO3/c18-12-5-3-11(4-6-12)15(17(19,20)21)22-14(16(24)25)9-10-1-7-13(23)8-2-10/h1-8,14,23H,9H2,(H,24,25)/t14-/m0/s1. The van der Waals surface area contributed by atoms with Crippen LogP contribution in [0.2, 0.25) is 0 Å². The maximum Gasteiger partial charge on any atom is 0.433 e. The van der Waals surface area contributed by atoms with E-state index in [0.29, 0.717) is 10.0 Å². The van der Waals surface area contributed by atoms with E-state index in [4.69, 9.17) is 0 Å². The lowest BCUT2D eigenvalue weighted by Crippen LogP contribution is -2.30. The molecule has 25 heavy (non-hydrogen) atoms. The Morgan fingerprint density at radius 3 is 2.12 bits per heavy atom. The fourth-order valence-electron chi connectivity index (χ4n) is 2.12. The summed E-state index contributed by atoms with van der Waals surface area (Å²) in [7, 11) is 0. The number of alkyl halides is 3. The first kappa shape index (κ1) is 19.0. The highest BCUT2D eigenvalue weighted by Crippen LogP contribution is 2.25. The van der Waals surface area contributed by atoms with Gasteiger partial charge in [0.25, 0.3) is 0 Å². The van der Waals surface area contributed by atoms with Crippen LogP contribution in [0.15, 0.2) is 58.0 Å². The van der Waals surface area contributed by atoms with E-state index in [2.05, 4.69) is 20.9 Å². The van der Waals surface area contributed by atoms with Crippen LogP contribution in [0.1, 0.15) is 11.1 Å². The first-order chi connectivity index (χ1) is 11.7. The molecule has 2 N–H and O–H groups in total. The van der Waals surface area contributed by atoms with Gasteiger partial charge in [-0.2, -0.15) is 13.2 Å². The van der Waals surface area contributed by atoms with Crippen molar-refractivity contribution in [3.63, 3.8) is 0 Å². The minimum Gasteiger partial charge on any atom is -0.508 e. The van der Waals surface area contributed by atoms with Gasteiger partial charge in [-0.05, 0) is 29.8 Å². The highest BCUT2D eigenvalue weighted by molar-refractivity contribution is 9.10. The molecule has 8 heteroatoms. The normalized spacial score (nSPS) is 13.5. The number of carbonyl (C=O) groups is 1. The van der Waals surface area contributed by atoms with Gasteiger partial charge in [-0.1, -0.05) is 40.2 Å². The predicted molar refractivity (Wildman–Crippen MR) is 90.0 cm³/mol. The number of phenols is 1. The zero-order valence-corrected chi connectivity index (χ0v) is 14.3. The monoisotopic (exact) mass is 415 g/mol. The molecule has 1 atom stereocenters. The van der Waals surface area contributed by atoms with E-state index >= 15 is 0 Å². The molecule has 2 aromatic carbocycles. The Balaban J connectivity index is 2.40. The molecule has 2 aromatic rings. The Morgan fingerprint density at radius 1 is 1.08 bits per heavy atom. The van der Waals surface area contributed by atoms with Gasteiger partial charge in [-0.3, -0.25) is 4.99 Å². The fraction of sp³-hybridized carbons (Fsp3) is 0.176. The van der Waals surface area contributed by atoms with Gasteiger partial charge in [0.05, 0.1) is 0 Å². The van der Waals surface area contributed by atoms with Crippen molar-refractivity contribution < 1.29 is 28.2 Å². The van der Waals surface area contributed by atoms with Crippen LogP contribution < -0.4 is 0 Å². The summed E-state index contributed by atoms with van der Waals surface area (Å²) < 4.78 is 40.7. The van der Waals surface area contributed by atoms with E-state index in [1.165, 1.54) is 48.5 Å². The number of halogens is 4. The second-order valence-electron chi connectivity index (χ2n) is 5.21. The fourth-order valence-corrected chi connectivity index (χ4v) is 2.38. The first-order valence-electron chi connectivity index (χ1n) is 7.08. The average molecular weight is 416 g/mol. The minimum atomic E-state index is -4.80. The predicted octanol–water partition coefficient (Wildman–Crippen LogP) is 4.20. The Bertz CT molecular complexity index is 771. The highest BCUT2D eigenvalue weighted by atomic mass is 79.9. The number of hydrogen-bond acceptors (Lipinski definition) is 3. The molecule has 0 saturated heterocycles. The van der Waals surface area contributed by atoms with Gasteiger partial charge in [0.2, 0.25) is 0 Å². The minimum absolute atomic E-state index is 0.0232. The molecule has 0 fully saturated rings. The van der Waals surface area contributed by atoms with Gasteiger partial charge in [0.1, 0.15) is 11.5 Å². The van der Waals surface area contributed by atoms with Crippen LogP contribution in [-0.2, 0) is 11.2 Å². The maximum absolute atomic E-state index is 13.4. The van der Waals surface area contributed by atoms with Crippen molar-refractivity contribution in [1.82, 2.24) is 0 Å². The van der Waals surface area contributed by atoms with Crippen LogP contribution in [0, 0.1) is 0 Å². The van der Waals surface area contributed by atoms with Crippen molar-refractivity contribution in [3.05, 3.63) is 64.1 Å². The second kappa shape index (κ2) is 7.69. The number of aromatic hydroxyl groups is 1. The van der Waals surface area contributed by atoms with E-state index in [1.807, 2.05) is 0 Å². The molecule has 0 unspecified atom stereocenters. The number of rotatable bonds is 5. The molecular formula is C17H13BrF3NO3. The molecule has 132 valence electrons. The molecule has 0 radical (unpaired) electrons. The summed E-state index contributed by atoms with van der Waals surface area (Å²) in [4.78, 5) is 14.9. The van der Waals surface area contributed by atoms with Crippen LogP contribution >= 0.6 is 15.9 Å². The van der Waals surface area contributed by atoms with Gasteiger partial charge in [0.15, 0.2) is 6.04 Å². The van der Waals surface area contributed by atoms with Crippen LogP contribution in [0.25, 0.3) is 0 Å². The Kier molecular flexibility index (Phi) is 5.84. The van der Waals surface area contributed by atoms with E-state index in [9.17, 15) is 28.2 Å². The molecule has 0 aliphatic rings. The Hall–Kier alpha value is -2.35. The number of aliphatic imine (C=N–C) groups is 1. The van der Waals surface area contributed by atoms with E-state index in [1.54, 1.807) is 0 Å². The lowest BCUT2D eigenvalue weighted by atomic mass is 10.0. The molecule has 0 amide bonds. The third-order valence-electron chi connectivity index (χ3n) is 3.32. The summed E-state index contributed by atoms with van der Waals surface area (Å²) in [5.74, 6) is -1.49. The molecule has 0 aliphatic carbocycles. The molecular weight excluding hydrogens is 403 g/mol. The quantitative estimate of drug-likeness (QED) is 0.718. The molecule has 2 rings (SSSR count). The van der Waals surface area contributed by atoms with Crippen molar-refractivity contribution in [2.45, 2.75) is 18.6 Å². The third kappa shape index (κ3) is 5.32. The number of benzene rings is 2. The number of nitrogens with zero attached hydrogens (tertiary/aromatic N) is 1. The highest BCUT2D eigenvalue weighted by Gasteiger charge is 2.38. The number of aliphatic carboxylic acids is 1. The zero-order chi connectivity index (χ0) is 18.6.